The van der Waals surface area contributed by atoms with Gasteiger partial charge in [-0.25, -0.2) is 13.9 Å². The minimum Gasteiger partial charge on any atom is -0.250 e. The first kappa shape index (κ1) is 12.6. The zero-order chi connectivity index (χ0) is 13.1. The zero-order valence-electron chi connectivity index (χ0n) is 9.47. The summed E-state index contributed by atoms with van der Waals surface area (Å²) in [6.45, 7) is 1.94. The molecule has 4 nitrogen and oxygen atoms in total. The van der Waals surface area contributed by atoms with E-state index in [4.69, 9.17) is 12.2 Å². The van der Waals surface area contributed by atoms with Gasteiger partial charge in [0.25, 0.3) is 6.43 Å². The van der Waals surface area contributed by atoms with E-state index in [2.05, 4.69) is 15.3 Å². The van der Waals surface area contributed by atoms with Crippen LogP contribution in [-0.4, -0.2) is 21.1 Å². The molecule has 0 saturated heterocycles. The SMILES string of the molecule is Cc1cccc(C=Nn2c(C(F)F)n[nH]c2=S)c1. The summed E-state index contributed by atoms with van der Waals surface area (Å²) in [5, 5.41) is 9.63. The van der Waals surface area contributed by atoms with E-state index in [0.717, 1.165) is 15.8 Å². The van der Waals surface area contributed by atoms with Crippen molar-refractivity contribution < 1.29 is 8.78 Å². The Balaban J connectivity index is 2.34. The highest BCUT2D eigenvalue weighted by Crippen LogP contribution is 2.15. The number of nitrogens with zero attached hydrogens (tertiary/aromatic N) is 3. The Morgan fingerprint density at radius 3 is 2.94 bits per heavy atom. The smallest absolute Gasteiger partial charge is 0.250 e. The van der Waals surface area contributed by atoms with Crippen LogP contribution in [0.1, 0.15) is 23.4 Å². The maximum atomic E-state index is 12.6. The molecule has 2 aromatic rings. The molecule has 0 aliphatic carbocycles. The average molecular weight is 268 g/mol. The van der Waals surface area contributed by atoms with Crippen LogP contribution in [0.3, 0.4) is 0 Å². The number of nitrogens with one attached hydrogen (secondary N) is 1. The van der Waals surface area contributed by atoms with Gasteiger partial charge in [0.1, 0.15) is 0 Å². The van der Waals surface area contributed by atoms with Gasteiger partial charge in [0.15, 0.2) is 0 Å². The predicted molar refractivity (Wildman–Crippen MR) is 66.5 cm³/mol. The molecule has 1 aromatic heterocycles. The van der Waals surface area contributed by atoms with Gasteiger partial charge in [-0.15, -0.1) is 0 Å². The van der Waals surface area contributed by atoms with Crippen LogP contribution >= 0.6 is 12.2 Å². The fraction of sp³-hybridized carbons (Fsp3) is 0.182. The largest absolute Gasteiger partial charge is 0.299 e. The maximum Gasteiger partial charge on any atom is 0.299 e. The first-order valence-electron chi connectivity index (χ1n) is 5.14. The minimum atomic E-state index is -2.73. The van der Waals surface area contributed by atoms with Crippen LogP contribution in [0.5, 0.6) is 0 Å². The highest BCUT2D eigenvalue weighted by Gasteiger charge is 2.15. The summed E-state index contributed by atoms with van der Waals surface area (Å²) in [7, 11) is 0. The molecule has 0 saturated carbocycles. The quantitative estimate of drug-likeness (QED) is 0.687. The van der Waals surface area contributed by atoms with Crippen molar-refractivity contribution in [3.05, 3.63) is 46.0 Å². The van der Waals surface area contributed by atoms with Crippen LogP contribution in [0.15, 0.2) is 29.4 Å². The van der Waals surface area contributed by atoms with E-state index in [1.54, 1.807) is 0 Å². The van der Waals surface area contributed by atoms with Crippen molar-refractivity contribution in [3.8, 4) is 0 Å². The number of H-pyrrole nitrogens is 1. The summed E-state index contributed by atoms with van der Waals surface area (Å²) < 4.78 is 26.2. The zero-order valence-corrected chi connectivity index (χ0v) is 10.3. The summed E-state index contributed by atoms with van der Waals surface area (Å²) in [5.41, 5.74) is 1.86. The fourth-order valence-corrected chi connectivity index (χ4v) is 1.62. The third kappa shape index (κ3) is 2.67. The molecule has 7 heteroatoms. The molecule has 0 aliphatic heterocycles. The molecular formula is C11H10F2N4S. The van der Waals surface area contributed by atoms with Crippen LogP contribution in [-0.2, 0) is 0 Å². The molecule has 0 fully saturated rings. The Kier molecular flexibility index (Phi) is 3.61. The van der Waals surface area contributed by atoms with Crippen molar-refractivity contribution in [1.29, 1.82) is 0 Å². The number of aryl methyl sites for hydroxylation is 1. The van der Waals surface area contributed by atoms with Crippen molar-refractivity contribution in [2.45, 2.75) is 13.3 Å². The summed E-state index contributed by atoms with van der Waals surface area (Å²) in [4.78, 5) is 0. The van der Waals surface area contributed by atoms with Gasteiger partial charge in [-0.2, -0.15) is 14.9 Å². The number of aromatic nitrogens is 3. The number of alkyl halides is 2. The monoisotopic (exact) mass is 268 g/mol. The Labute approximate surface area is 107 Å². The molecule has 1 heterocycles. The van der Waals surface area contributed by atoms with Crippen molar-refractivity contribution in [2.24, 2.45) is 5.10 Å². The van der Waals surface area contributed by atoms with E-state index in [1.807, 2.05) is 31.2 Å². The molecule has 2 rings (SSSR count). The second-order valence-electron chi connectivity index (χ2n) is 3.66. The Morgan fingerprint density at radius 1 is 1.50 bits per heavy atom. The summed E-state index contributed by atoms with van der Waals surface area (Å²) in [6, 6.07) is 7.50. The molecule has 1 aromatic carbocycles. The van der Waals surface area contributed by atoms with E-state index >= 15 is 0 Å². The number of aromatic amines is 1. The third-order valence-electron chi connectivity index (χ3n) is 2.24. The lowest BCUT2D eigenvalue weighted by molar-refractivity contribution is 0.136. The highest BCUT2D eigenvalue weighted by atomic mass is 32.1. The van der Waals surface area contributed by atoms with Gasteiger partial charge >= 0.3 is 0 Å². The van der Waals surface area contributed by atoms with Crippen molar-refractivity contribution in [2.75, 3.05) is 0 Å². The second-order valence-corrected chi connectivity index (χ2v) is 4.04. The predicted octanol–water partition coefficient (Wildman–Crippen LogP) is 3.07. The molecule has 18 heavy (non-hydrogen) atoms. The lowest BCUT2D eigenvalue weighted by Crippen LogP contribution is -1.99. The Bertz CT molecular complexity index is 630. The maximum absolute atomic E-state index is 12.6. The van der Waals surface area contributed by atoms with E-state index in [-0.39, 0.29) is 4.77 Å². The van der Waals surface area contributed by atoms with Crippen LogP contribution in [0.2, 0.25) is 0 Å². The van der Waals surface area contributed by atoms with Crippen molar-refractivity contribution in [1.82, 2.24) is 14.9 Å². The molecule has 0 atom stereocenters. The van der Waals surface area contributed by atoms with Gasteiger partial charge in [-0.3, -0.25) is 0 Å². The molecule has 0 radical (unpaired) electrons. The normalized spacial score (nSPS) is 11.6. The molecule has 94 valence electrons. The molecule has 0 spiro atoms. The topological polar surface area (TPSA) is 46.0 Å². The summed E-state index contributed by atoms with van der Waals surface area (Å²) in [6.07, 6.45) is -1.27. The molecular weight excluding hydrogens is 258 g/mol. The van der Waals surface area contributed by atoms with E-state index in [9.17, 15) is 8.78 Å². The van der Waals surface area contributed by atoms with Gasteiger partial charge < -0.3 is 0 Å². The molecule has 0 amide bonds. The van der Waals surface area contributed by atoms with Crippen molar-refractivity contribution >= 4 is 18.4 Å². The first-order valence-corrected chi connectivity index (χ1v) is 5.55. The Hall–Kier alpha value is -1.89. The van der Waals surface area contributed by atoms with E-state index in [0.29, 0.717) is 0 Å². The van der Waals surface area contributed by atoms with E-state index in [1.165, 1.54) is 6.21 Å². The van der Waals surface area contributed by atoms with Gasteiger partial charge in [0.05, 0.1) is 6.21 Å². The van der Waals surface area contributed by atoms with E-state index < -0.39 is 12.2 Å². The fourth-order valence-electron chi connectivity index (χ4n) is 1.43. The third-order valence-corrected chi connectivity index (χ3v) is 2.50. The number of hydrogen-bond acceptors (Lipinski definition) is 3. The Morgan fingerprint density at radius 2 is 2.28 bits per heavy atom. The lowest BCUT2D eigenvalue weighted by Gasteiger charge is -1.99. The molecule has 0 unspecified atom stereocenters. The highest BCUT2D eigenvalue weighted by molar-refractivity contribution is 7.71. The summed E-state index contributed by atoms with van der Waals surface area (Å²) >= 11 is 4.83. The van der Waals surface area contributed by atoms with Gasteiger partial charge in [-0.1, -0.05) is 29.8 Å². The number of halogens is 2. The van der Waals surface area contributed by atoms with Crippen LogP contribution in [0, 0.1) is 11.7 Å². The molecule has 0 aliphatic rings. The number of hydrogen-bond donors (Lipinski definition) is 1. The number of rotatable bonds is 3. The lowest BCUT2D eigenvalue weighted by atomic mass is 10.2. The van der Waals surface area contributed by atoms with Crippen molar-refractivity contribution in [3.63, 3.8) is 0 Å². The number of benzene rings is 1. The average Bonchev–Trinajstić information content (AvgIpc) is 2.68. The molecule has 0 bridgehead atoms. The first-order chi connectivity index (χ1) is 8.58. The summed E-state index contributed by atoms with van der Waals surface area (Å²) in [5.74, 6) is -0.496. The van der Waals surface area contributed by atoms with Gasteiger partial charge in [0, 0.05) is 0 Å². The standard InChI is InChI=1S/C11H10F2N4S/c1-7-3-2-4-8(5-7)6-14-17-10(9(12)13)15-16-11(17)18/h2-6,9H,1H3,(H,16,18). The van der Waals surface area contributed by atoms with Gasteiger partial charge in [-0.05, 0) is 24.7 Å². The minimum absolute atomic E-state index is 0.0363. The van der Waals surface area contributed by atoms with Gasteiger partial charge in [0.2, 0.25) is 10.6 Å². The second kappa shape index (κ2) is 5.18. The van der Waals surface area contributed by atoms with Crippen LogP contribution < -0.4 is 0 Å². The van der Waals surface area contributed by atoms with Crippen LogP contribution in [0.25, 0.3) is 0 Å². The van der Waals surface area contributed by atoms with Crippen LogP contribution in [0.4, 0.5) is 8.78 Å². The molecule has 1 N–H and O–H groups in total.